The van der Waals surface area contributed by atoms with E-state index in [9.17, 15) is 0 Å². The quantitative estimate of drug-likeness (QED) is 0.142. The van der Waals surface area contributed by atoms with Gasteiger partial charge < -0.3 is 0 Å². The van der Waals surface area contributed by atoms with Crippen LogP contribution in [0.4, 0.5) is 0 Å². The zero-order chi connectivity index (χ0) is 102. The molecule has 0 unspecified atom stereocenters. The summed E-state index contributed by atoms with van der Waals surface area (Å²) < 4.78 is 0. The summed E-state index contributed by atoms with van der Waals surface area (Å²) in [6.07, 6.45) is 21.0. The smallest absolute Gasteiger partial charge is 0.159 e. The summed E-state index contributed by atoms with van der Waals surface area (Å²) in [5.74, 6) is 0. The van der Waals surface area contributed by atoms with Crippen LogP contribution in [0.5, 0.6) is 0 Å². The monoisotopic (exact) mass is 1760 g/mol. The molecular weight excluding hydrogens is 1560 g/mol. The lowest BCUT2D eigenvalue weighted by molar-refractivity contribution is 1.05. The van der Waals surface area contributed by atoms with Gasteiger partial charge in [-0.2, -0.15) is 20.4 Å². The van der Waals surface area contributed by atoms with Crippen molar-refractivity contribution < 1.29 is 0 Å². The largest absolute Gasteiger partial charge is 0.264 e. The van der Waals surface area contributed by atoms with Gasteiger partial charge in [-0.3, -0.25) is 19.9 Å². The van der Waals surface area contributed by atoms with Gasteiger partial charge in [0, 0.05) is 81.9 Å². The fourth-order valence-corrected chi connectivity index (χ4v) is 7.78. The predicted octanol–water partition coefficient (Wildman–Crippen LogP) is 40.1. The number of nitrogens with zero attached hydrogens (tertiary/aromatic N) is 12. The van der Waals surface area contributed by atoms with E-state index in [0.717, 1.165) is 60.2 Å². The first-order valence-corrected chi connectivity index (χ1v) is 49.5. The lowest BCUT2D eigenvalue weighted by Gasteiger charge is -1.92. The third-order valence-corrected chi connectivity index (χ3v) is 11.8. The van der Waals surface area contributed by atoms with E-state index < -0.39 is 0 Å². The SMILES string of the molecule is CC.CC.CC.CC.CC.CC.CC.CC.CC.CC.CC.CC.CC.CC.CC.CC.CC.CC.CC.CC.CC.CC.CC.CC.c1ccc2ccccc2c1.c1ccc2cnccc2c1.c1ccc2cnncc2c1.c1ccc2ncccc2c1.c1ccc2nccnc2c1.c1ccc2ncncc2c1.c1ccc2nnccc2c1.c1cnc2ncccc2c1. The molecule has 0 aliphatic rings. The van der Waals surface area contributed by atoms with Crippen molar-refractivity contribution in [3.05, 3.63) is 317 Å². The molecule has 0 saturated heterocycles. The average molecular weight is 1760 g/mol. The Bertz CT molecular complexity index is 3080. The second kappa shape index (κ2) is 150. The minimum atomic E-state index is 0.810. The molecule has 16 rings (SSSR count). The van der Waals surface area contributed by atoms with Crippen LogP contribution in [0, 0.1) is 0 Å². The van der Waals surface area contributed by atoms with Gasteiger partial charge in [-0.1, -0.05) is 502 Å². The number of fused-ring (bicyclic) bond motifs is 8. The summed E-state index contributed by atoms with van der Waals surface area (Å²) in [5.41, 5.74) is 5.72. The number of hydrogen-bond donors (Lipinski definition) is 0. The fourth-order valence-electron chi connectivity index (χ4n) is 7.78. The Balaban J connectivity index is -0.0000000749. The molecule has 0 fully saturated rings. The first-order chi connectivity index (χ1) is 63.7. The Kier molecular flexibility index (Phi) is 181. The lowest BCUT2D eigenvalue weighted by atomic mass is 10.1. The summed E-state index contributed by atoms with van der Waals surface area (Å²) in [6.45, 7) is 96.0. The maximum Gasteiger partial charge on any atom is 0.159 e. The number of hydrogen-bond acceptors (Lipinski definition) is 12. The van der Waals surface area contributed by atoms with Crippen LogP contribution in [-0.2, 0) is 0 Å². The van der Waals surface area contributed by atoms with Crippen molar-refractivity contribution >= 4 is 87.1 Å². The molecule has 12 heteroatoms. The molecule has 0 spiro atoms. The summed E-state index contributed by atoms with van der Waals surface area (Å²) >= 11 is 0. The van der Waals surface area contributed by atoms with Gasteiger partial charge in [0.1, 0.15) is 6.33 Å². The maximum atomic E-state index is 4.18. The first kappa shape index (κ1) is 154. The second-order valence-electron chi connectivity index (χ2n) is 17.2. The van der Waals surface area contributed by atoms with Gasteiger partial charge in [0.25, 0.3) is 0 Å². The molecule has 8 aromatic carbocycles. The van der Waals surface area contributed by atoms with Gasteiger partial charge in [-0.05, 0) is 94.3 Å². The van der Waals surface area contributed by atoms with Crippen molar-refractivity contribution in [1.82, 2.24) is 60.3 Å². The highest BCUT2D eigenvalue weighted by molar-refractivity contribution is 5.83. The highest BCUT2D eigenvalue weighted by Crippen LogP contribution is 2.14. The van der Waals surface area contributed by atoms with Crippen LogP contribution >= 0.6 is 0 Å². The van der Waals surface area contributed by atoms with E-state index in [1.807, 2.05) is 527 Å². The molecule has 128 heavy (non-hydrogen) atoms. The number of pyridine rings is 4. The molecule has 16 aromatic rings. The summed E-state index contributed by atoms with van der Waals surface area (Å²) in [5, 5.41) is 27.1. The van der Waals surface area contributed by atoms with Crippen molar-refractivity contribution in [3.8, 4) is 0 Å². The van der Waals surface area contributed by atoms with Gasteiger partial charge in [0.15, 0.2) is 5.65 Å². The van der Waals surface area contributed by atoms with E-state index in [1.165, 1.54) is 26.9 Å². The number of para-hydroxylation sites is 4. The molecule has 0 N–H and O–H groups in total. The van der Waals surface area contributed by atoms with Crippen LogP contribution < -0.4 is 0 Å². The normalized spacial score (nSPS) is 7.38. The fraction of sp³-hybridized carbons (Fsp3) is 0.414. The molecule has 8 aromatic heterocycles. The standard InChI is InChI=1S/C10H8.2C9H7N.5C8H6N2.24C2H6/c1-2-6-10-8-4-3-7-9(10)5-1;1-2-6-9-8(4-1)5-3-7-10-9;1-2-4-9-7-10-6-5-8(9)3-1;1-3-7-4-2-6-10-8(7)9-5-1;1-2-4-8-7(3-1)5-9-6-10-8;1-2-4-8-6-10-9-5-7(8)3-1;1-2-4-8-7(3-1)9-5-6-10-8;1-2-4-8-7(3-1)5-6-9-10-8;24*1-2/h1-8H;2*1-7H;5*1-6H;24*1-2H3. The van der Waals surface area contributed by atoms with Gasteiger partial charge >= 0.3 is 0 Å². The lowest BCUT2D eigenvalue weighted by Crippen LogP contribution is -1.79. The molecule has 0 saturated carbocycles. The zero-order valence-corrected chi connectivity index (χ0v) is 91.4. The van der Waals surface area contributed by atoms with Gasteiger partial charge in [-0.25, -0.2) is 19.9 Å². The highest BCUT2D eigenvalue weighted by Gasteiger charge is 1.93. The molecule has 0 atom stereocenters. The van der Waals surface area contributed by atoms with Gasteiger partial charge in [0.05, 0.1) is 46.2 Å². The Labute approximate surface area is 792 Å². The molecule has 0 aliphatic heterocycles. The van der Waals surface area contributed by atoms with E-state index in [2.05, 4.69) is 133 Å². The predicted molar refractivity (Wildman–Crippen MR) is 597 cm³/mol. The van der Waals surface area contributed by atoms with Crippen LogP contribution in [-0.4, -0.2) is 60.3 Å². The first-order valence-electron chi connectivity index (χ1n) is 49.5. The van der Waals surface area contributed by atoms with E-state index in [0.29, 0.717) is 0 Å². The Morgan fingerprint density at radius 3 is 0.672 bits per heavy atom. The van der Waals surface area contributed by atoms with Crippen molar-refractivity contribution in [3.63, 3.8) is 0 Å². The molecule has 12 nitrogen and oxygen atoms in total. The van der Waals surface area contributed by atoms with Gasteiger partial charge in [0.2, 0.25) is 0 Å². The van der Waals surface area contributed by atoms with Crippen LogP contribution in [0.1, 0.15) is 332 Å². The van der Waals surface area contributed by atoms with E-state index >= 15 is 0 Å². The highest BCUT2D eigenvalue weighted by atomic mass is 15.1. The number of rotatable bonds is 0. The summed E-state index contributed by atoms with van der Waals surface area (Å²) in [4.78, 5) is 32.5. The molecule has 0 aliphatic carbocycles. The van der Waals surface area contributed by atoms with Gasteiger partial charge in [-0.15, -0.1) is 0 Å². The molecule has 8 heterocycles. The van der Waals surface area contributed by atoms with Crippen LogP contribution in [0.2, 0.25) is 0 Å². The molecule has 720 valence electrons. The minimum absolute atomic E-state index is 0.810. The second-order valence-corrected chi connectivity index (χ2v) is 17.2. The molecular formula is C116H196N12. The minimum Gasteiger partial charge on any atom is -0.264 e. The van der Waals surface area contributed by atoms with Crippen LogP contribution in [0.25, 0.3) is 87.1 Å². The Morgan fingerprint density at radius 2 is 0.359 bits per heavy atom. The van der Waals surface area contributed by atoms with Crippen molar-refractivity contribution in [1.29, 1.82) is 0 Å². The number of aromatic nitrogens is 12. The third kappa shape index (κ3) is 84.3. The molecule has 0 bridgehead atoms. The van der Waals surface area contributed by atoms with Crippen molar-refractivity contribution in [2.75, 3.05) is 0 Å². The number of benzene rings is 8. The van der Waals surface area contributed by atoms with Crippen LogP contribution in [0.15, 0.2) is 317 Å². The Morgan fingerprint density at radius 1 is 0.133 bits per heavy atom. The Hall–Kier alpha value is -11.2. The molecule has 0 amide bonds. The summed E-state index contributed by atoms with van der Waals surface area (Å²) in [7, 11) is 0. The topological polar surface area (TPSA) is 155 Å². The van der Waals surface area contributed by atoms with E-state index in [1.54, 1.807) is 49.7 Å². The zero-order valence-electron chi connectivity index (χ0n) is 91.4. The maximum absolute atomic E-state index is 4.18. The third-order valence-electron chi connectivity index (χ3n) is 11.8. The van der Waals surface area contributed by atoms with E-state index in [-0.39, 0.29) is 0 Å². The summed E-state index contributed by atoms with van der Waals surface area (Å²) in [6, 6.07) is 80.4. The molecule has 0 radical (unpaired) electrons. The van der Waals surface area contributed by atoms with E-state index in [4.69, 9.17) is 0 Å². The van der Waals surface area contributed by atoms with Crippen LogP contribution in [0.3, 0.4) is 0 Å². The van der Waals surface area contributed by atoms with Crippen molar-refractivity contribution in [2.24, 2.45) is 0 Å². The van der Waals surface area contributed by atoms with Crippen molar-refractivity contribution in [2.45, 2.75) is 332 Å². The average Bonchev–Trinajstić information content (AvgIpc) is 0.939.